The predicted octanol–water partition coefficient (Wildman–Crippen LogP) is 0.930. The normalized spacial score (nSPS) is 18.4. The molecule has 1 fully saturated rings. The number of nitrogens with zero attached hydrogens (tertiary/aromatic N) is 1. The van der Waals surface area contributed by atoms with Crippen molar-refractivity contribution >= 4 is 11.9 Å². The molecule has 1 aliphatic heterocycles. The van der Waals surface area contributed by atoms with E-state index < -0.39 is 11.9 Å². The molecule has 0 aliphatic carbocycles. The van der Waals surface area contributed by atoms with E-state index in [9.17, 15) is 9.59 Å². The summed E-state index contributed by atoms with van der Waals surface area (Å²) >= 11 is 0. The van der Waals surface area contributed by atoms with Crippen molar-refractivity contribution in [2.45, 2.75) is 25.7 Å². The maximum atomic E-state index is 11.0. The van der Waals surface area contributed by atoms with Crippen LogP contribution in [-0.4, -0.2) is 17.1 Å². The van der Waals surface area contributed by atoms with Crippen molar-refractivity contribution < 1.29 is 18.8 Å². The highest BCUT2D eigenvalue weighted by Crippen LogP contribution is 2.28. The van der Waals surface area contributed by atoms with E-state index in [0.29, 0.717) is 5.76 Å². The van der Waals surface area contributed by atoms with E-state index in [0.717, 1.165) is 5.69 Å². The van der Waals surface area contributed by atoms with Crippen molar-refractivity contribution in [3.05, 3.63) is 17.5 Å². The molecule has 0 radical (unpaired) electrons. The van der Waals surface area contributed by atoms with Gasteiger partial charge in [0.2, 0.25) is 0 Å². The lowest BCUT2D eigenvalue weighted by Crippen LogP contribution is -2.23. The van der Waals surface area contributed by atoms with Gasteiger partial charge in [-0.15, -0.1) is 0 Å². The summed E-state index contributed by atoms with van der Waals surface area (Å²) in [6.45, 7) is 1.79. The zero-order chi connectivity index (χ0) is 10.1. The molecule has 1 aromatic rings. The Morgan fingerprint density at radius 1 is 1.36 bits per heavy atom. The number of hydrogen-bond donors (Lipinski definition) is 0. The number of hydrogen-bond acceptors (Lipinski definition) is 5. The molecule has 2 rings (SSSR count). The number of esters is 2. The fourth-order valence-electron chi connectivity index (χ4n) is 1.46. The molecule has 0 amide bonds. The average molecular weight is 195 g/mol. The van der Waals surface area contributed by atoms with Gasteiger partial charge in [-0.05, 0) is 6.92 Å². The molecule has 5 nitrogen and oxygen atoms in total. The van der Waals surface area contributed by atoms with Gasteiger partial charge < -0.3 is 9.26 Å². The van der Waals surface area contributed by atoms with Crippen LogP contribution in [0.2, 0.25) is 0 Å². The third kappa shape index (κ3) is 1.66. The molecule has 1 saturated heterocycles. The van der Waals surface area contributed by atoms with Crippen LogP contribution in [0.4, 0.5) is 0 Å². The minimum atomic E-state index is -0.500. The lowest BCUT2D eigenvalue weighted by molar-refractivity contribution is -0.164. The molecule has 0 bridgehead atoms. The Hall–Kier alpha value is -1.65. The maximum absolute atomic E-state index is 11.0. The van der Waals surface area contributed by atoms with Crippen LogP contribution in [0.15, 0.2) is 10.6 Å². The van der Waals surface area contributed by atoms with Gasteiger partial charge in [-0.1, -0.05) is 5.16 Å². The Balaban J connectivity index is 2.18. The Kier molecular flexibility index (Phi) is 2.07. The quantitative estimate of drug-likeness (QED) is 0.492. The number of ether oxygens (including phenoxy) is 1. The average Bonchev–Trinajstić information content (AvgIpc) is 2.50. The molecule has 0 N–H and O–H groups in total. The first kappa shape index (κ1) is 8.93. The molecule has 74 valence electrons. The predicted molar refractivity (Wildman–Crippen MR) is 44.3 cm³/mol. The van der Waals surface area contributed by atoms with Gasteiger partial charge in [-0.3, -0.25) is 9.59 Å². The number of carbonyl (C=O) groups excluding carboxylic acids is 2. The number of carbonyl (C=O) groups is 2. The third-order valence-corrected chi connectivity index (χ3v) is 2.10. The highest BCUT2D eigenvalue weighted by molar-refractivity contribution is 5.89. The summed E-state index contributed by atoms with van der Waals surface area (Å²) in [6, 6.07) is 1.73. The number of aromatic nitrogens is 1. The second-order valence-electron chi connectivity index (χ2n) is 3.32. The Morgan fingerprint density at radius 2 is 2.00 bits per heavy atom. The SMILES string of the molecule is Cc1cc(C2CC(=O)OC(=O)C2)on1. The fourth-order valence-corrected chi connectivity index (χ4v) is 1.46. The van der Waals surface area contributed by atoms with Crippen LogP contribution in [0.25, 0.3) is 0 Å². The standard InChI is InChI=1S/C9H9NO4/c1-5-2-7(14-10-5)6-3-8(11)13-9(12)4-6/h2,6H,3-4H2,1H3. The molecule has 1 aliphatic rings. The zero-order valence-corrected chi connectivity index (χ0v) is 7.65. The van der Waals surface area contributed by atoms with Crippen molar-refractivity contribution in [3.8, 4) is 0 Å². The molecule has 2 heterocycles. The van der Waals surface area contributed by atoms with Crippen LogP contribution in [0.5, 0.6) is 0 Å². The summed E-state index contributed by atoms with van der Waals surface area (Å²) in [7, 11) is 0. The molecule has 14 heavy (non-hydrogen) atoms. The zero-order valence-electron chi connectivity index (χ0n) is 7.65. The fraction of sp³-hybridized carbons (Fsp3) is 0.444. The van der Waals surface area contributed by atoms with Crippen molar-refractivity contribution in [3.63, 3.8) is 0 Å². The van der Waals surface area contributed by atoms with E-state index in [1.54, 1.807) is 13.0 Å². The smallest absolute Gasteiger partial charge is 0.314 e. The van der Waals surface area contributed by atoms with Gasteiger partial charge in [-0.2, -0.15) is 0 Å². The monoisotopic (exact) mass is 195 g/mol. The van der Waals surface area contributed by atoms with Gasteiger partial charge in [0.1, 0.15) is 5.76 Å². The van der Waals surface area contributed by atoms with Crippen LogP contribution in [0.3, 0.4) is 0 Å². The molecule has 0 saturated carbocycles. The van der Waals surface area contributed by atoms with Gasteiger partial charge in [0.25, 0.3) is 0 Å². The first-order valence-electron chi connectivity index (χ1n) is 4.32. The Morgan fingerprint density at radius 3 is 2.50 bits per heavy atom. The highest BCUT2D eigenvalue weighted by atomic mass is 16.6. The number of rotatable bonds is 1. The first-order valence-corrected chi connectivity index (χ1v) is 4.32. The van der Waals surface area contributed by atoms with Crippen LogP contribution in [0.1, 0.15) is 30.2 Å². The van der Waals surface area contributed by atoms with E-state index in [1.165, 1.54) is 0 Å². The van der Waals surface area contributed by atoms with Gasteiger partial charge in [0, 0.05) is 12.0 Å². The van der Waals surface area contributed by atoms with Crippen LogP contribution < -0.4 is 0 Å². The van der Waals surface area contributed by atoms with Crippen LogP contribution in [0, 0.1) is 6.92 Å². The molecule has 1 aromatic heterocycles. The number of aryl methyl sites for hydroxylation is 1. The number of cyclic esters (lactones) is 2. The lowest BCUT2D eigenvalue weighted by Gasteiger charge is -2.16. The topological polar surface area (TPSA) is 69.4 Å². The second kappa shape index (κ2) is 3.25. The molecular formula is C9H9NO4. The van der Waals surface area contributed by atoms with Crippen molar-refractivity contribution in [2.75, 3.05) is 0 Å². The lowest BCUT2D eigenvalue weighted by atomic mass is 9.96. The van der Waals surface area contributed by atoms with Gasteiger partial charge >= 0.3 is 11.9 Å². The molecule has 0 atom stereocenters. The summed E-state index contributed by atoms with van der Waals surface area (Å²) in [4.78, 5) is 21.9. The Bertz CT molecular complexity index is 366. The summed E-state index contributed by atoms with van der Waals surface area (Å²) < 4.78 is 9.40. The third-order valence-electron chi connectivity index (χ3n) is 2.10. The molecule has 0 unspecified atom stereocenters. The second-order valence-corrected chi connectivity index (χ2v) is 3.32. The summed E-state index contributed by atoms with van der Waals surface area (Å²) in [5.41, 5.74) is 0.742. The van der Waals surface area contributed by atoms with Crippen molar-refractivity contribution in [1.29, 1.82) is 0 Å². The van der Waals surface area contributed by atoms with Crippen molar-refractivity contribution in [1.82, 2.24) is 5.16 Å². The summed E-state index contributed by atoms with van der Waals surface area (Å²) in [6.07, 6.45) is 0.362. The molecule has 0 aromatic carbocycles. The first-order chi connectivity index (χ1) is 6.65. The van der Waals surface area contributed by atoms with Gasteiger partial charge in [0.15, 0.2) is 0 Å². The van der Waals surface area contributed by atoms with E-state index in [4.69, 9.17) is 4.52 Å². The molecular weight excluding hydrogens is 186 g/mol. The summed E-state index contributed by atoms with van der Waals surface area (Å²) in [5, 5.41) is 3.70. The van der Waals surface area contributed by atoms with E-state index in [1.807, 2.05) is 0 Å². The maximum Gasteiger partial charge on any atom is 0.314 e. The minimum absolute atomic E-state index is 0.181. The Labute approximate surface area is 80.0 Å². The highest BCUT2D eigenvalue weighted by Gasteiger charge is 2.30. The van der Waals surface area contributed by atoms with Gasteiger partial charge in [-0.25, -0.2) is 0 Å². The van der Waals surface area contributed by atoms with Crippen molar-refractivity contribution in [2.24, 2.45) is 0 Å². The van der Waals surface area contributed by atoms with E-state index >= 15 is 0 Å². The van der Waals surface area contributed by atoms with Crippen LogP contribution in [-0.2, 0) is 14.3 Å². The van der Waals surface area contributed by atoms with E-state index in [2.05, 4.69) is 9.89 Å². The van der Waals surface area contributed by atoms with Gasteiger partial charge in [0.05, 0.1) is 18.5 Å². The molecule has 0 spiro atoms. The minimum Gasteiger partial charge on any atom is -0.393 e. The van der Waals surface area contributed by atoms with E-state index in [-0.39, 0.29) is 18.8 Å². The molecule has 5 heteroatoms. The summed E-state index contributed by atoms with van der Waals surface area (Å²) in [5.74, 6) is -0.641. The van der Waals surface area contributed by atoms with Crippen LogP contribution >= 0.6 is 0 Å². The largest absolute Gasteiger partial charge is 0.393 e.